The number of aryl methyl sites for hydroxylation is 1. The quantitative estimate of drug-likeness (QED) is 0.837. The predicted octanol–water partition coefficient (Wildman–Crippen LogP) is 2.42. The van der Waals surface area contributed by atoms with Crippen LogP contribution in [0.4, 0.5) is 0 Å². The van der Waals surface area contributed by atoms with E-state index >= 15 is 0 Å². The lowest BCUT2D eigenvalue weighted by Gasteiger charge is -2.48. The normalized spacial score (nSPS) is 26.2. The number of rotatable bonds is 5. The number of carbonyl (C=O) groups is 1. The fraction of sp³-hybridized carbons (Fsp3) is 0.778. The van der Waals surface area contributed by atoms with Gasteiger partial charge < -0.3 is 9.47 Å². The van der Waals surface area contributed by atoms with Gasteiger partial charge in [0.15, 0.2) is 0 Å². The number of imidazole rings is 1. The highest BCUT2D eigenvalue weighted by atomic mass is 16.2. The highest BCUT2D eigenvalue weighted by molar-refractivity contribution is 5.77. The van der Waals surface area contributed by atoms with Crippen LogP contribution in [-0.4, -0.2) is 51.4 Å². The molecule has 1 aromatic rings. The number of aromatic nitrogens is 2. The molecule has 2 aliphatic heterocycles. The van der Waals surface area contributed by atoms with Gasteiger partial charge >= 0.3 is 0 Å². The number of nitrogens with zero attached hydrogens (tertiary/aromatic N) is 4. The average Bonchev–Trinajstić information content (AvgIpc) is 2.94. The Labute approximate surface area is 139 Å². The molecular formula is C18H30N4O. The number of amides is 1. The Kier molecular flexibility index (Phi) is 5.05. The van der Waals surface area contributed by atoms with E-state index in [0.717, 1.165) is 64.2 Å². The summed E-state index contributed by atoms with van der Waals surface area (Å²) in [4.78, 5) is 21.4. The van der Waals surface area contributed by atoms with Crippen LogP contribution in [0.3, 0.4) is 0 Å². The molecule has 0 aromatic carbocycles. The molecule has 1 atom stereocenters. The number of unbranched alkanes of at least 4 members (excludes halogenated alkanes) is 1. The summed E-state index contributed by atoms with van der Waals surface area (Å²) in [6.45, 7) is 7.28. The zero-order valence-electron chi connectivity index (χ0n) is 14.6. The van der Waals surface area contributed by atoms with Gasteiger partial charge in [0, 0.05) is 50.9 Å². The maximum atomic E-state index is 12.2. The van der Waals surface area contributed by atoms with E-state index in [0.29, 0.717) is 11.3 Å². The van der Waals surface area contributed by atoms with Crippen LogP contribution >= 0.6 is 0 Å². The van der Waals surface area contributed by atoms with E-state index in [1.54, 1.807) is 0 Å². The minimum absolute atomic E-state index is 0.311. The van der Waals surface area contributed by atoms with Gasteiger partial charge in [0.25, 0.3) is 0 Å². The Bertz CT molecular complexity index is 541. The van der Waals surface area contributed by atoms with Crippen molar-refractivity contribution in [3.05, 3.63) is 18.2 Å². The monoisotopic (exact) mass is 318 g/mol. The smallest absolute Gasteiger partial charge is 0.222 e. The van der Waals surface area contributed by atoms with Crippen molar-refractivity contribution in [3.8, 4) is 0 Å². The highest BCUT2D eigenvalue weighted by Gasteiger charge is 2.41. The molecule has 1 aromatic heterocycles. The van der Waals surface area contributed by atoms with E-state index in [4.69, 9.17) is 0 Å². The van der Waals surface area contributed by atoms with Crippen molar-refractivity contribution in [2.24, 2.45) is 12.5 Å². The van der Waals surface area contributed by atoms with Crippen LogP contribution < -0.4 is 0 Å². The molecule has 1 spiro atoms. The first kappa shape index (κ1) is 16.5. The SMILES string of the molecule is CCCCN1C[C@@]2(CCCN(Cc3nccn3C)C2)CCC1=O. The third kappa shape index (κ3) is 3.77. The van der Waals surface area contributed by atoms with E-state index < -0.39 is 0 Å². The number of hydrogen-bond donors (Lipinski definition) is 0. The van der Waals surface area contributed by atoms with Crippen LogP contribution in [0.25, 0.3) is 0 Å². The summed E-state index contributed by atoms with van der Waals surface area (Å²) in [5, 5.41) is 0. The summed E-state index contributed by atoms with van der Waals surface area (Å²) in [6, 6.07) is 0. The van der Waals surface area contributed by atoms with Crippen molar-refractivity contribution in [2.45, 2.75) is 52.0 Å². The Balaban J connectivity index is 1.64. The van der Waals surface area contributed by atoms with Gasteiger partial charge in [0.1, 0.15) is 5.82 Å². The first-order valence-corrected chi connectivity index (χ1v) is 9.08. The first-order valence-electron chi connectivity index (χ1n) is 9.08. The van der Waals surface area contributed by atoms with Crippen molar-refractivity contribution < 1.29 is 4.79 Å². The van der Waals surface area contributed by atoms with E-state index in [1.165, 1.54) is 12.8 Å². The summed E-state index contributed by atoms with van der Waals surface area (Å²) < 4.78 is 2.11. The Hall–Kier alpha value is -1.36. The lowest BCUT2D eigenvalue weighted by Crippen LogP contribution is -2.54. The molecule has 3 heterocycles. The van der Waals surface area contributed by atoms with Crippen molar-refractivity contribution in [1.82, 2.24) is 19.4 Å². The second kappa shape index (κ2) is 7.04. The zero-order chi connectivity index (χ0) is 16.3. The maximum Gasteiger partial charge on any atom is 0.222 e. The summed E-state index contributed by atoms with van der Waals surface area (Å²) >= 11 is 0. The number of hydrogen-bond acceptors (Lipinski definition) is 3. The van der Waals surface area contributed by atoms with E-state index in [9.17, 15) is 4.79 Å². The molecule has 0 unspecified atom stereocenters. The van der Waals surface area contributed by atoms with Crippen molar-refractivity contribution in [1.29, 1.82) is 0 Å². The Morgan fingerprint density at radius 2 is 2.17 bits per heavy atom. The van der Waals surface area contributed by atoms with Gasteiger partial charge in [-0.25, -0.2) is 4.98 Å². The average molecular weight is 318 g/mol. The topological polar surface area (TPSA) is 41.4 Å². The van der Waals surface area contributed by atoms with Gasteiger partial charge in [0.05, 0.1) is 6.54 Å². The second-order valence-electron chi connectivity index (χ2n) is 7.44. The van der Waals surface area contributed by atoms with Crippen LogP contribution in [0, 0.1) is 5.41 Å². The summed E-state index contributed by atoms with van der Waals surface area (Å²) in [5.41, 5.74) is 0.311. The fourth-order valence-electron chi connectivity index (χ4n) is 4.18. The minimum atomic E-state index is 0.311. The van der Waals surface area contributed by atoms with Gasteiger partial charge in [0.2, 0.25) is 5.91 Å². The van der Waals surface area contributed by atoms with Crippen LogP contribution in [0.5, 0.6) is 0 Å². The minimum Gasteiger partial charge on any atom is -0.342 e. The predicted molar refractivity (Wildman–Crippen MR) is 90.9 cm³/mol. The molecule has 0 bridgehead atoms. The molecule has 3 rings (SSSR count). The molecule has 0 N–H and O–H groups in total. The second-order valence-corrected chi connectivity index (χ2v) is 7.44. The molecule has 2 fully saturated rings. The molecule has 23 heavy (non-hydrogen) atoms. The molecule has 0 saturated carbocycles. The van der Waals surface area contributed by atoms with Gasteiger partial charge in [-0.3, -0.25) is 9.69 Å². The molecule has 1 amide bonds. The Morgan fingerprint density at radius 1 is 1.30 bits per heavy atom. The van der Waals surface area contributed by atoms with Gasteiger partial charge in [-0.05, 0) is 32.2 Å². The molecule has 5 heteroatoms. The third-order valence-electron chi connectivity index (χ3n) is 5.56. The van der Waals surface area contributed by atoms with Crippen molar-refractivity contribution >= 4 is 5.91 Å². The number of piperidine rings is 2. The van der Waals surface area contributed by atoms with Crippen LogP contribution in [0.2, 0.25) is 0 Å². The zero-order valence-corrected chi connectivity index (χ0v) is 14.6. The van der Waals surface area contributed by atoms with Crippen molar-refractivity contribution in [2.75, 3.05) is 26.2 Å². The van der Waals surface area contributed by atoms with E-state index in [-0.39, 0.29) is 0 Å². The standard InChI is InChI=1S/C18H30N4O/c1-3-4-11-22-15-18(8-6-17(22)23)7-5-10-21(14-18)13-16-19-9-12-20(16)2/h9,12H,3-8,10-11,13-15H2,1-2H3/t18-/m0/s1. The van der Waals surface area contributed by atoms with E-state index in [1.807, 2.05) is 12.4 Å². The van der Waals surface area contributed by atoms with Crippen LogP contribution in [0.1, 0.15) is 51.3 Å². The molecular weight excluding hydrogens is 288 g/mol. The molecule has 2 aliphatic rings. The molecule has 128 valence electrons. The fourth-order valence-corrected chi connectivity index (χ4v) is 4.18. The summed E-state index contributed by atoms with van der Waals surface area (Å²) in [7, 11) is 2.06. The number of carbonyl (C=O) groups excluding carboxylic acids is 1. The van der Waals surface area contributed by atoms with Crippen LogP contribution in [-0.2, 0) is 18.4 Å². The van der Waals surface area contributed by atoms with Crippen molar-refractivity contribution in [3.63, 3.8) is 0 Å². The Morgan fingerprint density at radius 3 is 2.91 bits per heavy atom. The van der Waals surface area contributed by atoms with E-state index in [2.05, 4.69) is 33.3 Å². The third-order valence-corrected chi connectivity index (χ3v) is 5.56. The summed E-state index contributed by atoms with van der Waals surface area (Å²) in [5.74, 6) is 1.50. The van der Waals surface area contributed by atoms with Gasteiger partial charge in [-0.1, -0.05) is 13.3 Å². The molecule has 0 aliphatic carbocycles. The lowest BCUT2D eigenvalue weighted by molar-refractivity contribution is -0.139. The maximum absolute atomic E-state index is 12.2. The lowest BCUT2D eigenvalue weighted by atomic mass is 9.73. The van der Waals surface area contributed by atoms with Gasteiger partial charge in [-0.2, -0.15) is 0 Å². The largest absolute Gasteiger partial charge is 0.342 e. The molecule has 5 nitrogen and oxygen atoms in total. The highest BCUT2D eigenvalue weighted by Crippen LogP contribution is 2.39. The number of likely N-dealkylation sites (tertiary alicyclic amines) is 2. The first-order chi connectivity index (χ1) is 11.1. The van der Waals surface area contributed by atoms with Crippen LogP contribution in [0.15, 0.2) is 12.4 Å². The summed E-state index contributed by atoms with van der Waals surface area (Å²) in [6.07, 6.45) is 10.5. The molecule has 2 saturated heterocycles. The molecule has 0 radical (unpaired) electrons. The van der Waals surface area contributed by atoms with Gasteiger partial charge in [-0.15, -0.1) is 0 Å².